The summed E-state index contributed by atoms with van der Waals surface area (Å²) < 4.78 is 96.6. The normalized spacial score (nSPS) is 9.71. The van der Waals surface area contributed by atoms with Gasteiger partial charge < -0.3 is 0 Å². The van der Waals surface area contributed by atoms with E-state index in [9.17, 15) is 30.7 Å². The minimum atomic E-state index is -0.765. The molecule has 0 bridgehead atoms. The summed E-state index contributed by atoms with van der Waals surface area (Å²) in [6.07, 6.45) is 0. The van der Waals surface area contributed by atoms with Crippen LogP contribution in [0.2, 0.25) is 15.1 Å². The molecule has 0 amide bonds. The molecule has 0 unspecified atom stereocenters. The molecule has 0 aliphatic heterocycles. The average Bonchev–Trinajstić information content (AvgIpc) is 4.43. The molecule has 6 aromatic carbocycles. The third-order valence-electron chi connectivity index (χ3n) is 10.9. The van der Waals surface area contributed by atoms with Crippen LogP contribution in [0.1, 0.15) is 116 Å². The van der Waals surface area contributed by atoms with E-state index in [-0.39, 0.29) is 10.8 Å². The minimum Gasteiger partial charge on any atom is -0.207 e. The van der Waals surface area contributed by atoms with Crippen molar-refractivity contribution in [3.63, 3.8) is 0 Å². The molecular formula is C66H74Cl3F7S6. The molecule has 0 aliphatic carbocycles. The molecule has 0 atom stereocenters. The zero-order valence-electron chi connectivity index (χ0n) is 49.8. The van der Waals surface area contributed by atoms with Gasteiger partial charge in [0.1, 0.15) is 17.5 Å². The molecule has 16 heteroatoms. The smallest absolute Gasteiger partial charge is 0.167 e. The van der Waals surface area contributed by atoms with E-state index in [0.29, 0.717) is 32.2 Å². The maximum atomic E-state index is 13.2. The van der Waals surface area contributed by atoms with Crippen molar-refractivity contribution in [2.45, 2.75) is 125 Å². The summed E-state index contributed by atoms with van der Waals surface area (Å²) in [5.74, 6) is -4.25. The quantitative estimate of drug-likeness (QED) is 0.133. The predicted octanol–water partition coefficient (Wildman–Crippen LogP) is 28.3. The molecule has 0 nitrogen and oxygen atoms in total. The van der Waals surface area contributed by atoms with Crippen LogP contribution < -0.4 is 0 Å². The fourth-order valence-electron chi connectivity index (χ4n) is 7.14. The Labute approximate surface area is 520 Å². The molecule has 12 aromatic rings. The van der Waals surface area contributed by atoms with E-state index in [1.165, 1.54) is 88.8 Å². The topological polar surface area (TPSA) is 0 Å². The molecule has 444 valence electrons. The van der Waals surface area contributed by atoms with Crippen molar-refractivity contribution in [2.24, 2.45) is 0 Å². The Bertz CT molecular complexity index is 3580. The lowest BCUT2D eigenvalue weighted by molar-refractivity contribution is 0.506. The monoisotopic (exact) mass is 1300 g/mol. The van der Waals surface area contributed by atoms with Crippen molar-refractivity contribution in [1.29, 1.82) is 0 Å². The summed E-state index contributed by atoms with van der Waals surface area (Å²) in [5, 5.41) is 18.6. The van der Waals surface area contributed by atoms with E-state index in [0.717, 1.165) is 46.5 Å². The third-order valence-corrected chi connectivity index (χ3v) is 18.3. The number of thiophene rings is 6. The molecule has 82 heavy (non-hydrogen) atoms. The average molecular weight is 1300 g/mol. The van der Waals surface area contributed by atoms with Gasteiger partial charge in [-0.3, -0.25) is 0 Å². The first kappa shape index (κ1) is 75.5. The number of hydrogen-bond acceptors (Lipinski definition) is 6. The Kier molecular flexibility index (Phi) is 36.0. The molecule has 6 aromatic heterocycles. The van der Waals surface area contributed by atoms with Gasteiger partial charge in [-0.2, -0.15) is 0 Å². The standard InChI is InChI=1S/C9H6ClFS.2C9H7ClS.3C9H6F2S.6C2H6/c1-5-4-6-2-3-12-9(6)7(10)8(5)11;1-6-8(10)3-2-7-4-5-11-9(6)7;1-6-2-3-8(10)7-4-5-11-9(6)7;1-5-7(10)4-8(11)6-2-3-12-9(5)6;1-5-8(11)7(10)4-6-2-3-12-9(5)6;1-5-4-7(10)8(11)6-2-3-12-9(5)6;6*1-2/h2-4H,1H3;2*2-5H,1H3;3*2-4H,1H3;6*1-2H3. The second kappa shape index (κ2) is 39.1. The molecule has 0 saturated carbocycles. The lowest BCUT2D eigenvalue weighted by atomic mass is 10.2. The van der Waals surface area contributed by atoms with Crippen molar-refractivity contribution in [2.75, 3.05) is 0 Å². The molecule has 6 heterocycles. The van der Waals surface area contributed by atoms with Gasteiger partial charge in [-0.05, 0) is 179 Å². The molecule has 0 aliphatic rings. The van der Waals surface area contributed by atoms with Gasteiger partial charge in [0.25, 0.3) is 0 Å². The summed E-state index contributed by atoms with van der Waals surface area (Å²) in [4.78, 5) is 0. The lowest BCUT2D eigenvalue weighted by Gasteiger charge is -1.99. The van der Waals surface area contributed by atoms with Crippen molar-refractivity contribution >= 4 is 163 Å². The van der Waals surface area contributed by atoms with Crippen molar-refractivity contribution < 1.29 is 30.7 Å². The van der Waals surface area contributed by atoms with Gasteiger partial charge in [-0.25, -0.2) is 30.7 Å². The molecule has 0 radical (unpaired) electrons. The minimum absolute atomic E-state index is 0.250. The Morgan fingerprint density at radius 1 is 0.280 bits per heavy atom. The number of fused-ring (bicyclic) bond motifs is 6. The van der Waals surface area contributed by atoms with Gasteiger partial charge in [0, 0.05) is 66.9 Å². The highest BCUT2D eigenvalue weighted by molar-refractivity contribution is 7.19. The van der Waals surface area contributed by atoms with E-state index in [1.807, 2.05) is 118 Å². The Morgan fingerprint density at radius 2 is 0.707 bits per heavy atom. The van der Waals surface area contributed by atoms with E-state index in [1.54, 1.807) is 79.3 Å². The van der Waals surface area contributed by atoms with E-state index >= 15 is 0 Å². The molecule has 0 N–H and O–H groups in total. The third kappa shape index (κ3) is 19.8. The molecule has 0 saturated heterocycles. The number of aryl methyl sites for hydroxylation is 6. The van der Waals surface area contributed by atoms with Gasteiger partial charge in [0.2, 0.25) is 0 Å². The Morgan fingerprint density at radius 3 is 1.27 bits per heavy atom. The highest BCUT2D eigenvalue weighted by Gasteiger charge is 2.13. The van der Waals surface area contributed by atoms with Crippen LogP contribution in [0.4, 0.5) is 30.7 Å². The summed E-state index contributed by atoms with van der Waals surface area (Å²) in [6.45, 7) is 34.9. The van der Waals surface area contributed by atoms with Crippen LogP contribution in [-0.2, 0) is 0 Å². The lowest BCUT2D eigenvalue weighted by Crippen LogP contribution is -1.87. The van der Waals surface area contributed by atoms with Gasteiger partial charge >= 0.3 is 0 Å². The van der Waals surface area contributed by atoms with E-state index in [2.05, 4.69) is 48.9 Å². The van der Waals surface area contributed by atoms with Gasteiger partial charge in [-0.15, -0.1) is 68.0 Å². The first-order valence-corrected chi connectivity index (χ1v) is 33.3. The predicted molar refractivity (Wildman–Crippen MR) is 362 cm³/mol. The van der Waals surface area contributed by atoms with Crippen LogP contribution >= 0.6 is 103 Å². The van der Waals surface area contributed by atoms with Crippen LogP contribution in [0.15, 0.2) is 117 Å². The molecule has 0 spiro atoms. The second-order valence-corrected chi connectivity index (χ2v) is 22.3. The zero-order chi connectivity index (χ0) is 62.6. The first-order valence-electron chi connectivity index (χ1n) is 26.9. The maximum Gasteiger partial charge on any atom is 0.167 e. The van der Waals surface area contributed by atoms with Gasteiger partial charge in [0.15, 0.2) is 23.3 Å². The van der Waals surface area contributed by atoms with E-state index in [4.69, 9.17) is 34.8 Å². The van der Waals surface area contributed by atoms with Crippen LogP contribution in [0.25, 0.3) is 60.5 Å². The molecular weight excluding hydrogens is 1220 g/mol. The zero-order valence-corrected chi connectivity index (χ0v) is 56.9. The second-order valence-electron chi connectivity index (χ2n) is 15.6. The van der Waals surface area contributed by atoms with Crippen LogP contribution in [0.3, 0.4) is 0 Å². The Hall–Kier alpha value is -4.54. The summed E-state index contributed by atoms with van der Waals surface area (Å²) in [6, 6.07) is 24.4. The number of benzene rings is 6. The summed E-state index contributed by atoms with van der Waals surface area (Å²) in [5.41, 5.74) is 4.82. The number of rotatable bonds is 0. The largest absolute Gasteiger partial charge is 0.207 e. The van der Waals surface area contributed by atoms with Crippen molar-refractivity contribution in [3.05, 3.63) is 206 Å². The van der Waals surface area contributed by atoms with Crippen molar-refractivity contribution in [1.82, 2.24) is 0 Å². The highest BCUT2D eigenvalue weighted by Crippen LogP contribution is 2.35. The van der Waals surface area contributed by atoms with Crippen LogP contribution in [-0.4, -0.2) is 0 Å². The Balaban J connectivity index is 0.000000474. The fourth-order valence-corrected chi connectivity index (χ4v) is 13.3. The fraction of sp³-hybridized carbons (Fsp3) is 0.273. The van der Waals surface area contributed by atoms with Crippen molar-refractivity contribution in [3.8, 4) is 0 Å². The molecule has 0 fully saturated rings. The number of halogens is 10. The first-order chi connectivity index (χ1) is 39.4. The SMILES string of the molecule is CC.CC.CC.CC.CC.CC.Cc1c(Cl)ccc2ccsc12.Cc1c(F)c(F)cc2ccsc12.Cc1c(F)cc(F)c2ccsc12.Cc1cc(F)c(F)c2ccsc12.Cc1cc2ccsc2c(Cl)c1F.Cc1ccc(Cl)c2ccsc12. The highest BCUT2D eigenvalue weighted by atomic mass is 35.5. The summed E-state index contributed by atoms with van der Waals surface area (Å²) >= 11 is 26.9. The molecule has 12 rings (SSSR count). The van der Waals surface area contributed by atoms with Gasteiger partial charge in [-0.1, -0.05) is 130 Å². The summed E-state index contributed by atoms with van der Waals surface area (Å²) in [7, 11) is 0. The van der Waals surface area contributed by atoms with Crippen LogP contribution in [0.5, 0.6) is 0 Å². The van der Waals surface area contributed by atoms with E-state index < -0.39 is 34.9 Å². The van der Waals surface area contributed by atoms with Gasteiger partial charge in [0.05, 0.1) is 9.72 Å². The van der Waals surface area contributed by atoms with Crippen LogP contribution in [0, 0.1) is 82.3 Å². The number of hydrogen-bond donors (Lipinski definition) is 0. The maximum absolute atomic E-state index is 13.2.